The van der Waals surface area contributed by atoms with E-state index in [9.17, 15) is 24.3 Å². The molecule has 3 amide bonds. The number of aromatic carboxylic acids is 1. The summed E-state index contributed by atoms with van der Waals surface area (Å²) < 4.78 is 0. The molecule has 180 valence electrons. The van der Waals surface area contributed by atoms with Crippen molar-refractivity contribution in [2.75, 3.05) is 16.4 Å². The largest absolute Gasteiger partial charge is 0.478 e. The molecule has 0 aromatic heterocycles. The Balaban J connectivity index is 1.41. The van der Waals surface area contributed by atoms with Gasteiger partial charge in [0.2, 0.25) is 5.91 Å². The van der Waals surface area contributed by atoms with Gasteiger partial charge in [-0.2, -0.15) is 0 Å². The standard InChI is InChI=1S/C27H21N3O5S/c28-25(32)19-7-1-2-10-22(19)30-23(31)15-36-18-13-11-17(12-14-18)29-26(33)20-8-3-5-16-6-4-9-21(24(16)20)27(34)35/h1-14H,15H2,(H2,28,32)(H,29,33)(H,30,31)(H,34,35). The minimum atomic E-state index is -1.11. The van der Waals surface area contributed by atoms with E-state index in [0.29, 0.717) is 22.1 Å². The highest BCUT2D eigenvalue weighted by Crippen LogP contribution is 2.26. The van der Waals surface area contributed by atoms with Gasteiger partial charge in [0, 0.05) is 21.5 Å². The van der Waals surface area contributed by atoms with E-state index >= 15 is 0 Å². The lowest BCUT2D eigenvalue weighted by molar-refractivity contribution is -0.113. The number of nitrogens with one attached hydrogen (secondary N) is 2. The van der Waals surface area contributed by atoms with E-state index in [1.807, 2.05) is 0 Å². The number of nitrogens with two attached hydrogens (primary N) is 1. The Hall–Kier alpha value is -4.63. The second-order valence-corrected chi connectivity index (χ2v) is 8.79. The summed E-state index contributed by atoms with van der Waals surface area (Å²) in [5.41, 5.74) is 6.77. The van der Waals surface area contributed by atoms with Crippen molar-refractivity contribution < 1.29 is 24.3 Å². The first-order chi connectivity index (χ1) is 17.3. The van der Waals surface area contributed by atoms with E-state index in [1.54, 1.807) is 78.9 Å². The molecule has 4 aromatic carbocycles. The minimum Gasteiger partial charge on any atom is -0.478 e. The fourth-order valence-corrected chi connectivity index (χ4v) is 4.38. The Morgan fingerprint density at radius 1 is 0.750 bits per heavy atom. The van der Waals surface area contributed by atoms with Crippen LogP contribution in [0.15, 0.2) is 89.8 Å². The van der Waals surface area contributed by atoms with Crippen LogP contribution in [0.25, 0.3) is 10.8 Å². The SMILES string of the molecule is NC(=O)c1ccccc1NC(=O)CSc1ccc(NC(=O)c2cccc3cccc(C(=O)O)c23)cc1. The third-order valence-electron chi connectivity index (χ3n) is 5.33. The molecule has 0 unspecified atom stereocenters. The number of anilines is 2. The van der Waals surface area contributed by atoms with Crippen molar-refractivity contribution >= 4 is 57.6 Å². The number of carboxylic acids is 1. The molecule has 0 aliphatic carbocycles. The van der Waals surface area contributed by atoms with Gasteiger partial charge < -0.3 is 21.5 Å². The molecule has 0 aliphatic heterocycles. The summed E-state index contributed by atoms with van der Waals surface area (Å²) >= 11 is 1.29. The molecule has 0 radical (unpaired) electrons. The van der Waals surface area contributed by atoms with Crippen LogP contribution < -0.4 is 16.4 Å². The van der Waals surface area contributed by atoms with Crippen LogP contribution in [0.1, 0.15) is 31.1 Å². The van der Waals surface area contributed by atoms with Crippen LogP contribution in [-0.2, 0) is 4.79 Å². The van der Waals surface area contributed by atoms with Gasteiger partial charge in [-0.15, -0.1) is 11.8 Å². The molecule has 0 bridgehead atoms. The number of hydrogen-bond donors (Lipinski definition) is 4. The predicted octanol–water partition coefficient (Wildman–Crippen LogP) is 4.62. The lowest BCUT2D eigenvalue weighted by Crippen LogP contribution is -2.19. The number of fused-ring (bicyclic) bond motifs is 1. The first-order valence-corrected chi connectivity index (χ1v) is 11.8. The van der Waals surface area contributed by atoms with E-state index in [1.165, 1.54) is 17.8 Å². The summed E-state index contributed by atoms with van der Waals surface area (Å²) in [7, 11) is 0. The lowest BCUT2D eigenvalue weighted by atomic mass is 9.98. The maximum Gasteiger partial charge on any atom is 0.336 e. The average molecular weight is 500 g/mol. The van der Waals surface area contributed by atoms with Crippen molar-refractivity contribution in [2.45, 2.75) is 4.90 Å². The summed E-state index contributed by atoms with van der Waals surface area (Å²) in [5, 5.41) is 16.0. The van der Waals surface area contributed by atoms with Crippen molar-refractivity contribution in [3.63, 3.8) is 0 Å². The van der Waals surface area contributed by atoms with Crippen molar-refractivity contribution in [1.82, 2.24) is 0 Å². The van der Waals surface area contributed by atoms with E-state index in [0.717, 1.165) is 4.90 Å². The van der Waals surface area contributed by atoms with Crippen LogP contribution in [0.2, 0.25) is 0 Å². The van der Waals surface area contributed by atoms with Crippen LogP contribution >= 0.6 is 11.8 Å². The Kier molecular flexibility index (Phi) is 7.31. The molecule has 0 saturated carbocycles. The third kappa shape index (κ3) is 5.53. The number of benzene rings is 4. The van der Waals surface area contributed by atoms with Gasteiger partial charge in [0.1, 0.15) is 0 Å². The molecular formula is C27H21N3O5S. The lowest BCUT2D eigenvalue weighted by Gasteiger charge is -2.11. The van der Waals surface area contributed by atoms with Gasteiger partial charge in [0.15, 0.2) is 0 Å². The maximum absolute atomic E-state index is 13.0. The predicted molar refractivity (Wildman–Crippen MR) is 140 cm³/mol. The molecule has 5 N–H and O–H groups in total. The zero-order valence-electron chi connectivity index (χ0n) is 18.9. The second kappa shape index (κ2) is 10.7. The van der Waals surface area contributed by atoms with Gasteiger partial charge in [-0.05, 0) is 53.9 Å². The first kappa shape index (κ1) is 24.5. The minimum absolute atomic E-state index is 0.0572. The Morgan fingerprint density at radius 2 is 1.39 bits per heavy atom. The normalized spacial score (nSPS) is 10.6. The monoisotopic (exact) mass is 499 g/mol. The number of primary amides is 1. The number of rotatable bonds is 8. The highest BCUT2D eigenvalue weighted by atomic mass is 32.2. The summed E-state index contributed by atoms with van der Waals surface area (Å²) in [6.45, 7) is 0. The van der Waals surface area contributed by atoms with E-state index < -0.39 is 17.8 Å². The molecule has 4 aromatic rings. The smallest absolute Gasteiger partial charge is 0.336 e. The molecule has 36 heavy (non-hydrogen) atoms. The second-order valence-electron chi connectivity index (χ2n) is 7.74. The number of hydrogen-bond acceptors (Lipinski definition) is 5. The molecule has 0 atom stereocenters. The fraction of sp³-hybridized carbons (Fsp3) is 0.0370. The highest BCUT2D eigenvalue weighted by Gasteiger charge is 2.17. The summed E-state index contributed by atoms with van der Waals surface area (Å²) in [6.07, 6.45) is 0. The zero-order valence-corrected chi connectivity index (χ0v) is 19.7. The van der Waals surface area contributed by atoms with Gasteiger partial charge in [0.05, 0.1) is 22.6 Å². The molecule has 0 aliphatic rings. The van der Waals surface area contributed by atoms with Crippen molar-refractivity contribution in [3.8, 4) is 0 Å². The van der Waals surface area contributed by atoms with Crippen LogP contribution in [0.5, 0.6) is 0 Å². The number of amides is 3. The first-order valence-electron chi connectivity index (χ1n) is 10.8. The Labute approximate surface area is 210 Å². The Bertz CT molecular complexity index is 1480. The Morgan fingerprint density at radius 3 is 2.06 bits per heavy atom. The van der Waals surface area contributed by atoms with Crippen LogP contribution in [-0.4, -0.2) is 34.6 Å². The summed E-state index contributed by atoms with van der Waals surface area (Å²) in [6, 6.07) is 23.3. The topological polar surface area (TPSA) is 139 Å². The van der Waals surface area contributed by atoms with Crippen LogP contribution in [0.4, 0.5) is 11.4 Å². The van der Waals surface area contributed by atoms with Crippen molar-refractivity contribution in [3.05, 3.63) is 102 Å². The van der Waals surface area contributed by atoms with Gasteiger partial charge in [0.25, 0.3) is 11.8 Å². The van der Waals surface area contributed by atoms with Crippen molar-refractivity contribution in [1.29, 1.82) is 0 Å². The number of carbonyl (C=O) groups is 4. The summed E-state index contributed by atoms with van der Waals surface area (Å²) in [4.78, 5) is 49.2. The van der Waals surface area contributed by atoms with Gasteiger partial charge >= 0.3 is 5.97 Å². The number of para-hydroxylation sites is 1. The van der Waals surface area contributed by atoms with Gasteiger partial charge in [-0.25, -0.2) is 4.79 Å². The molecule has 8 nitrogen and oxygen atoms in total. The average Bonchev–Trinajstić information content (AvgIpc) is 2.87. The molecule has 4 rings (SSSR count). The van der Waals surface area contributed by atoms with Crippen molar-refractivity contribution in [2.24, 2.45) is 5.73 Å². The van der Waals surface area contributed by atoms with Crippen LogP contribution in [0.3, 0.4) is 0 Å². The number of carboxylic acid groups (broad SMARTS) is 1. The molecular weight excluding hydrogens is 478 g/mol. The van der Waals surface area contributed by atoms with Gasteiger partial charge in [-0.1, -0.05) is 36.4 Å². The molecule has 0 heterocycles. The highest BCUT2D eigenvalue weighted by molar-refractivity contribution is 8.00. The fourth-order valence-electron chi connectivity index (χ4n) is 3.68. The quantitative estimate of drug-likeness (QED) is 0.261. The third-order valence-corrected chi connectivity index (χ3v) is 6.34. The van der Waals surface area contributed by atoms with Crippen LogP contribution in [0, 0.1) is 0 Å². The van der Waals surface area contributed by atoms with E-state index in [4.69, 9.17) is 5.73 Å². The van der Waals surface area contributed by atoms with E-state index in [2.05, 4.69) is 10.6 Å². The van der Waals surface area contributed by atoms with Gasteiger partial charge in [-0.3, -0.25) is 14.4 Å². The summed E-state index contributed by atoms with van der Waals surface area (Å²) in [5.74, 6) is -2.35. The molecule has 0 saturated heterocycles. The molecule has 9 heteroatoms. The van der Waals surface area contributed by atoms with E-state index in [-0.39, 0.29) is 28.4 Å². The molecule has 0 fully saturated rings. The number of thioether (sulfide) groups is 1. The zero-order chi connectivity index (χ0) is 25.7. The number of carbonyl (C=O) groups excluding carboxylic acids is 3. The molecule has 0 spiro atoms. The maximum atomic E-state index is 13.0.